The van der Waals surface area contributed by atoms with E-state index in [9.17, 15) is 14.4 Å². The van der Waals surface area contributed by atoms with Gasteiger partial charge in [0.2, 0.25) is 5.91 Å². The summed E-state index contributed by atoms with van der Waals surface area (Å²) in [5.41, 5.74) is 1.61. The van der Waals surface area contributed by atoms with E-state index in [0.717, 1.165) is 10.9 Å². The third kappa shape index (κ3) is 2.25. The smallest absolute Gasteiger partial charge is 0.324 e. The van der Waals surface area contributed by atoms with Gasteiger partial charge in [-0.25, -0.2) is 4.79 Å². The molecule has 4 amide bonds. The summed E-state index contributed by atoms with van der Waals surface area (Å²) in [6, 6.07) is 6.87. The Bertz CT molecular complexity index is 797. The first-order valence-electron chi connectivity index (χ1n) is 7.60. The number of likely N-dealkylation sites (tertiary alicyclic amines) is 1. The standard InChI is InChI=1S/C16H16N4O3/c21-14-8-18-16(23)20(14)12-4-6-19(9-12)15(22)11-1-2-13-10(7-11)3-5-17-13/h1-3,5,7,12,17H,4,6,8-9H2,(H,18,23). The molecule has 3 heterocycles. The van der Waals surface area contributed by atoms with Crippen molar-refractivity contribution in [3.63, 3.8) is 0 Å². The summed E-state index contributed by atoms with van der Waals surface area (Å²) in [4.78, 5) is 42.2. The van der Waals surface area contributed by atoms with Gasteiger partial charge in [-0.1, -0.05) is 0 Å². The molecule has 1 unspecified atom stereocenters. The highest BCUT2D eigenvalue weighted by Gasteiger charge is 2.39. The maximum atomic E-state index is 12.6. The van der Waals surface area contributed by atoms with Gasteiger partial charge in [-0.05, 0) is 30.7 Å². The number of benzene rings is 1. The third-order valence-corrected chi connectivity index (χ3v) is 4.49. The van der Waals surface area contributed by atoms with E-state index in [-0.39, 0.29) is 30.4 Å². The summed E-state index contributed by atoms with van der Waals surface area (Å²) in [7, 11) is 0. The number of nitrogens with one attached hydrogen (secondary N) is 2. The quantitative estimate of drug-likeness (QED) is 0.809. The van der Waals surface area contributed by atoms with E-state index in [0.29, 0.717) is 25.1 Å². The van der Waals surface area contributed by atoms with Crippen LogP contribution in [-0.2, 0) is 4.79 Å². The number of nitrogens with zero attached hydrogens (tertiary/aromatic N) is 2. The molecule has 2 aromatic rings. The summed E-state index contributed by atoms with van der Waals surface area (Å²) in [5.74, 6) is -0.286. The maximum absolute atomic E-state index is 12.6. The van der Waals surface area contributed by atoms with Crippen molar-refractivity contribution in [2.75, 3.05) is 19.6 Å². The Labute approximate surface area is 132 Å². The predicted molar refractivity (Wildman–Crippen MR) is 82.9 cm³/mol. The van der Waals surface area contributed by atoms with E-state index < -0.39 is 0 Å². The number of aromatic nitrogens is 1. The minimum atomic E-state index is -0.358. The number of imide groups is 1. The van der Waals surface area contributed by atoms with E-state index in [1.54, 1.807) is 11.0 Å². The van der Waals surface area contributed by atoms with Gasteiger partial charge in [-0.3, -0.25) is 14.5 Å². The largest absolute Gasteiger partial charge is 0.361 e. The first kappa shape index (κ1) is 13.8. The zero-order valence-electron chi connectivity index (χ0n) is 12.4. The number of urea groups is 1. The summed E-state index contributed by atoms with van der Waals surface area (Å²) in [5, 5.41) is 3.51. The second-order valence-corrected chi connectivity index (χ2v) is 5.90. The molecule has 1 aromatic heterocycles. The Hall–Kier alpha value is -2.83. The molecule has 1 atom stereocenters. The van der Waals surface area contributed by atoms with Gasteiger partial charge in [0.25, 0.3) is 5.91 Å². The first-order valence-corrected chi connectivity index (χ1v) is 7.60. The molecule has 4 rings (SSSR count). The van der Waals surface area contributed by atoms with Crippen LogP contribution >= 0.6 is 0 Å². The van der Waals surface area contributed by atoms with Crippen LogP contribution in [0.15, 0.2) is 30.5 Å². The second-order valence-electron chi connectivity index (χ2n) is 5.90. The molecule has 7 nitrogen and oxygen atoms in total. The number of aromatic amines is 1. The van der Waals surface area contributed by atoms with Crippen molar-refractivity contribution in [1.82, 2.24) is 20.1 Å². The zero-order valence-corrected chi connectivity index (χ0v) is 12.4. The van der Waals surface area contributed by atoms with Crippen LogP contribution < -0.4 is 5.32 Å². The van der Waals surface area contributed by atoms with Crippen molar-refractivity contribution in [3.8, 4) is 0 Å². The van der Waals surface area contributed by atoms with Gasteiger partial charge in [-0.15, -0.1) is 0 Å². The van der Waals surface area contributed by atoms with Gasteiger partial charge in [-0.2, -0.15) is 0 Å². The molecule has 0 bridgehead atoms. The maximum Gasteiger partial charge on any atom is 0.324 e. The molecular weight excluding hydrogens is 296 g/mol. The van der Waals surface area contributed by atoms with Crippen LogP contribution in [0.2, 0.25) is 0 Å². The molecule has 0 saturated carbocycles. The molecule has 23 heavy (non-hydrogen) atoms. The number of hydrogen-bond acceptors (Lipinski definition) is 3. The second kappa shape index (κ2) is 5.12. The Morgan fingerprint density at radius 2 is 2.09 bits per heavy atom. The van der Waals surface area contributed by atoms with Crippen LogP contribution in [0.3, 0.4) is 0 Å². The van der Waals surface area contributed by atoms with Gasteiger partial charge in [0.05, 0.1) is 12.6 Å². The number of carbonyl (C=O) groups is 3. The topological polar surface area (TPSA) is 85.5 Å². The van der Waals surface area contributed by atoms with Gasteiger partial charge in [0.15, 0.2) is 0 Å². The molecule has 2 N–H and O–H groups in total. The van der Waals surface area contributed by atoms with E-state index in [1.165, 1.54) is 4.90 Å². The fraction of sp³-hybridized carbons (Fsp3) is 0.312. The van der Waals surface area contributed by atoms with Crippen LogP contribution in [0.1, 0.15) is 16.8 Å². The van der Waals surface area contributed by atoms with Gasteiger partial charge in [0.1, 0.15) is 0 Å². The predicted octanol–water partition coefficient (Wildman–Crippen LogP) is 0.934. The third-order valence-electron chi connectivity index (χ3n) is 4.49. The van der Waals surface area contributed by atoms with Crippen molar-refractivity contribution >= 4 is 28.7 Å². The van der Waals surface area contributed by atoms with E-state index >= 15 is 0 Å². The molecule has 0 radical (unpaired) electrons. The number of rotatable bonds is 2. The molecule has 2 aliphatic heterocycles. The van der Waals surface area contributed by atoms with Crippen molar-refractivity contribution < 1.29 is 14.4 Å². The minimum Gasteiger partial charge on any atom is -0.361 e. The Kier molecular flexibility index (Phi) is 3.07. The van der Waals surface area contributed by atoms with Crippen LogP contribution in [0.5, 0.6) is 0 Å². The lowest BCUT2D eigenvalue weighted by Gasteiger charge is -2.21. The molecule has 0 spiro atoms. The molecule has 2 aliphatic rings. The lowest BCUT2D eigenvalue weighted by atomic mass is 10.1. The van der Waals surface area contributed by atoms with E-state index in [1.807, 2.05) is 24.4 Å². The molecule has 1 aromatic carbocycles. The Morgan fingerprint density at radius 1 is 1.22 bits per heavy atom. The first-order chi connectivity index (χ1) is 11.1. The van der Waals surface area contributed by atoms with Gasteiger partial charge < -0.3 is 15.2 Å². The highest BCUT2D eigenvalue weighted by molar-refractivity contribution is 6.02. The van der Waals surface area contributed by atoms with Crippen molar-refractivity contribution in [1.29, 1.82) is 0 Å². The Morgan fingerprint density at radius 3 is 2.87 bits per heavy atom. The fourth-order valence-electron chi connectivity index (χ4n) is 3.31. The molecule has 2 saturated heterocycles. The molecule has 0 aliphatic carbocycles. The summed E-state index contributed by atoms with van der Waals surface area (Å²) in [6.45, 7) is 0.988. The Balaban J connectivity index is 1.51. The lowest BCUT2D eigenvalue weighted by Crippen LogP contribution is -2.42. The summed E-state index contributed by atoms with van der Waals surface area (Å²) in [6.07, 6.45) is 2.46. The van der Waals surface area contributed by atoms with E-state index in [4.69, 9.17) is 0 Å². The van der Waals surface area contributed by atoms with E-state index in [2.05, 4.69) is 10.3 Å². The molecule has 7 heteroatoms. The van der Waals surface area contributed by atoms with Crippen LogP contribution in [0.4, 0.5) is 4.79 Å². The van der Waals surface area contributed by atoms with Crippen LogP contribution in [-0.4, -0.2) is 58.3 Å². The molecule has 2 fully saturated rings. The molecule has 118 valence electrons. The normalized spacial score (nSPS) is 21.3. The monoisotopic (exact) mass is 312 g/mol. The lowest BCUT2D eigenvalue weighted by molar-refractivity contribution is -0.126. The number of fused-ring (bicyclic) bond motifs is 1. The van der Waals surface area contributed by atoms with Gasteiger partial charge in [0, 0.05) is 35.8 Å². The average Bonchev–Trinajstić information content (AvgIpc) is 3.26. The average molecular weight is 312 g/mol. The van der Waals surface area contributed by atoms with Crippen molar-refractivity contribution in [3.05, 3.63) is 36.0 Å². The van der Waals surface area contributed by atoms with Crippen LogP contribution in [0, 0.1) is 0 Å². The fourth-order valence-corrected chi connectivity index (χ4v) is 3.31. The minimum absolute atomic E-state index is 0.0490. The number of hydrogen-bond donors (Lipinski definition) is 2. The number of carbonyl (C=O) groups excluding carboxylic acids is 3. The number of amides is 4. The highest BCUT2D eigenvalue weighted by Crippen LogP contribution is 2.22. The summed E-state index contributed by atoms with van der Waals surface area (Å²) < 4.78 is 0. The highest BCUT2D eigenvalue weighted by atomic mass is 16.2. The van der Waals surface area contributed by atoms with Crippen molar-refractivity contribution in [2.45, 2.75) is 12.5 Å². The zero-order chi connectivity index (χ0) is 16.0. The van der Waals surface area contributed by atoms with Crippen molar-refractivity contribution in [2.24, 2.45) is 0 Å². The van der Waals surface area contributed by atoms with Gasteiger partial charge >= 0.3 is 6.03 Å². The van der Waals surface area contributed by atoms with Crippen LogP contribution in [0.25, 0.3) is 10.9 Å². The summed E-state index contributed by atoms with van der Waals surface area (Å²) >= 11 is 0. The molecular formula is C16H16N4O3. The SMILES string of the molecule is O=C(c1ccc2[nH]ccc2c1)N1CCC(N2C(=O)CNC2=O)C1. The number of H-pyrrole nitrogens is 1.